The van der Waals surface area contributed by atoms with Crippen LogP contribution in [0.25, 0.3) is 0 Å². The average Bonchev–Trinajstić information content (AvgIpc) is 2.38. The third-order valence-electron chi connectivity index (χ3n) is 2.98. The van der Waals surface area contributed by atoms with Crippen molar-refractivity contribution in [3.63, 3.8) is 0 Å². The maximum atomic E-state index is 5.60. The summed E-state index contributed by atoms with van der Waals surface area (Å²) in [7, 11) is 0. The van der Waals surface area contributed by atoms with E-state index in [2.05, 4.69) is 50.4 Å². The van der Waals surface area contributed by atoms with Gasteiger partial charge in [0.25, 0.3) is 0 Å². The summed E-state index contributed by atoms with van der Waals surface area (Å²) in [5, 5.41) is 3.61. The lowest BCUT2D eigenvalue weighted by molar-refractivity contribution is 0.124. The number of ether oxygens (including phenoxy) is 1. The minimum absolute atomic E-state index is 0.418. The molecule has 0 spiro atoms. The van der Waals surface area contributed by atoms with E-state index in [0.29, 0.717) is 6.04 Å². The molecule has 0 fully saturated rings. The smallest absolute Gasteiger partial charge is 0.0484 e. The summed E-state index contributed by atoms with van der Waals surface area (Å²) in [5.74, 6) is 0. The van der Waals surface area contributed by atoms with Gasteiger partial charge in [0.05, 0.1) is 0 Å². The van der Waals surface area contributed by atoms with E-state index in [9.17, 15) is 0 Å². The summed E-state index contributed by atoms with van der Waals surface area (Å²) >= 11 is 0. The molecule has 0 heterocycles. The summed E-state index contributed by atoms with van der Waals surface area (Å²) in [5.41, 5.74) is 2.70. The van der Waals surface area contributed by atoms with Gasteiger partial charge >= 0.3 is 0 Å². The predicted molar refractivity (Wildman–Crippen MR) is 77.9 cm³/mol. The van der Waals surface area contributed by atoms with Crippen LogP contribution in [0.3, 0.4) is 0 Å². The predicted octanol–water partition coefficient (Wildman–Crippen LogP) is 3.85. The Morgan fingerprint density at radius 2 is 2.00 bits per heavy atom. The van der Waals surface area contributed by atoms with Crippen LogP contribution >= 0.6 is 0 Å². The molecule has 0 bridgehead atoms. The van der Waals surface area contributed by atoms with Crippen LogP contribution in [0.2, 0.25) is 0 Å². The standard InChI is InChI=1S/C16H27NO/c1-4-10-17-16(9-12-18-11-5-2)15-8-6-7-14(3)13-15/h6-8,13,16-17H,4-5,9-12H2,1-3H3. The van der Waals surface area contributed by atoms with Crippen molar-refractivity contribution < 1.29 is 4.74 Å². The van der Waals surface area contributed by atoms with Crippen molar-refractivity contribution in [1.82, 2.24) is 5.32 Å². The van der Waals surface area contributed by atoms with Gasteiger partial charge in [-0.15, -0.1) is 0 Å². The Kier molecular flexibility index (Phi) is 7.70. The Balaban J connectivity index is 2.54. The number of aryl methyl sites for hydroxylation is 1. The molecule has 0 aromatic heterocycles. The lowest BCUT2D eigenvalue weighted by Gasteiger charge is -2.19. The molecule has 0 saturated heterocycles. The van der Waals surface area contributed by atoms with Crippen LogP contribution < -0.4 is 5.32 Å². The van der Waals surface area contributed by atoms with Crippen molar-refractivity contribution in [3.8, 4) is 0 Å². The van der Waals surface area contributed by atoms with Gasteiger partial charge in [-0.25, -0.2) is 0 Å². The largest absolute Gasteiger partial charge is 0.381 e. The van der Waals surface area contributed by atoms with Gasteiger partial charge in [0.2, 0.25) is 0 Å². The number of rotatable bonds is 9. The van der Waals surface area contributed by atoms with Gasteiger partial charge in [0.15, 0.2) is 0 Å². The molecule has 2 heteroatoms. The van der Waals surface area contributed by atoms with Crippen molar-refractivity contribution in [3.05, 3.63) is 35.4 Å². The molecule has 2 nitrogen and oxygen atoms in total. The molecular weight excluding hydrogens is 222 g/mol. The first-order valence-corrected chi connectivity index (χ1v) is 7.15. The number of hydrogen-bond acceptors (Lipinski definition) is 2. The van der Waals surface area contributed by atoms with Crippen LogP contribution in [-0.4, -0.2) is 19.8 Å². The maximum absolute atomic E-state index is 5.60. The molecule has 0 aliphatic rings. The molecule has 1 aromatic carbocycles. The van der Waals surface area contributed by atoms with E-state index in [1.54, 1.807) is 0 Å². The van der Waals surface area contributed by atoms with E-state index < -0.39 is 0 Å². The Morgan fingerprint density at radius 3 is 2.67 bits per heavy atom. The number of hydrogen-bond donors (Lipinski definition) is 1. The molecule has 1 atom stereocenters. The van der Waals surface area contributed by atoms with Gasteiger partial charge in [-0.1, -0.05) is 43.7 Å². The van der Waals surface area contributed by atoms with E-state index >= 15 is 0 Å². The van der Waals surface area contributed by atoms with E-state index in [1.807, 2.05) is 0 Å². The van der Waals surface area contributed by atoms with Gasteiger partial charge in [0.1, 0.15) is 0 Å². The van der Waals surface area contributed by atoms with E-state index in [0.717, 1.165) is 39.0 Å². The second kappa shape index (κ2) is 9.12. The Bertz CT molecular complexity index is 325. The zero-order valence-electron chi connectivity index (χ0n) is 12.0. The summed E-state index contributed by atoms with van der Waals surface area (Å²) in [6.07, 6.45) is 3.30. The Labute approximate surface area is 112 Å². The van der Waals surface area contributed by atoms with Crippen LogP contribution in [0, 0.1) is 6.92 Å². The number of nitrogens with one attached hydrogen (secondary N) is 1. The second-order valence-corrected chi connectivity index (χ2v) is 4.82. The fraction of sp³-hybridized carbons (Fsp3) is 0.625. The molecule has 1 unspecified atom stereocenters. The highest BCUT2D eigenvalue weighted by molar-refractivity contribution is 5.25. The molecular formula is C16H27NO. The van der Waals surface area contributed by atoms with Gasteiger partial charge < -0.3 is 10.1 Å². The van der Waals surface area contributed by atoms with Gasteiger partial charge in [-0.3, -0.25) is 0 Å². The Morgan fingerprint density at radius 1 is 1.17 bits per heavy atom. The van der Waals surface area contributed by atoms with Crippen LogP contribution in [0.1, 0.15) is 50.3 Å². The van der Waals surface area contributed by atoms with Gasteiger partial charge in [-0.05, 0) is 38.3 Å². The fourth-order valence-corrected chi connectivity index (χ4v) is 2.04. The molecule has 18 heavy (non-hydrogen) atoms. The van der Waals surface area contributed by atoms with E-state index in [4.69, 9.17) is 4.74 Å². The highest BCUT2D eigenvalue weighted by Crippen LogP contribution is 2.18. The third kappa shape index (κ3) is 5.65. The van der Waals surface area contributed by atoms with Crippen LogP contribution in [0.5, 0.6) is 0 Å². The third-order valence-corrected chi connectivity index (χ3v) is 2.98. The molecule has 1 aromatic rings. The van der Waals surface area contributed by atoms with Crippen LogP contribution in [0.15, 0.2) is 24.3 Å². The first kappa shape index (κ1) is 15.2. The fourth-order valence-electron chi connectivity index (χ4n) is 2.04. The summed E-state index contributed by atoms with van der Waals surface area (Å²) < 4.78 is 5.60. The van der Waals surface area contributed by atoms with Crippen molar-refractivity contribution in [2.75, 3.05) is 19.8 Å². The number of benzene rings is 1. The SMILES string of the molecule is CCCNC(CCOCCC)c1cccc(C)c1. The molecule has 1 rings (SSSR count). The topological polar surface area (TPSA) is 21.3 Å². The molecule has 0 saturated carbocycles. The van der Waals surface area contributed by atoms with Gasteiger partial charge in [-0.2, -0.15) is 0 Å². The molecule has 0 aliphatic carbocycles. The summed E-state index contributed by atoms with van der Waals surface area (Å²) in [4.78, 5) is 0. The molecule has 0 amide bonds. The maximum Gasteiger partial charge on any atom is 0.0484 e. The first-order valence-electron chi connectivity index (χ1n) is 7.15. The van der Waals surface area contributed by atoms with Crippen LogP contribution in [-0.2, 0) is 4.74 Å². The highest BCUT2D eigenvalue weighted by Gasteiger charge is 2.10. The lowest BCUT2D eigenvalue weighted by atomic mass is 10.0. The lowest BCUT2D eigenvalue weighted by Crippen LogP contribution is -2.23. The molecule has 1 N–H and O–H groups in total. The monoisotopic (exact) mass is 249 g/mol. The summed E-state index contributed by atoms with van der Waals surface area (Å²) in [6, 6.07) is 9.18. The minimum Gasteiger partial charge on any atom is -0.381 e. The van der Waals surface area contributed by atoms with E-state index in [1.165, 1.54) is 11.1 Å². The highest BCUT2D eigenvalue weighted by atomic mass is 16.5. The molecule has 0 radical (unpaired) electrons. The van der Waals surface area contributed by atoms with Crippen LogP contribution in [0.4, 0.5) is 0 Å². The first-order chi connectivity index (χ1) is 8.77. The van der Waals surface area contributed by atoms with E-state index in [-0.39, 0.29) is 0 Å². The average molecular weight is 249 g/mol. The Hall–Kier alpha value is -0.860. The van der Waals surface area contributed by atoms with Gasteiger partial charge in [0, 0.05) is 19.3 Å². The second-order valence-electron chi connectivity index (χ2n) is 4.82. The quantitative estimate of drug-likeness (QED) is 0.671. The minimum atomic E-state index is 0.418. The van der Waals surface area contributed by atoms with Crippen molar-refractivity contribution in [2.24, 2.45) is 0 Å². The van der Waals surface area contributed by atoms with Crippen molar-refractivity contribution in [2.45, 2.75) is 46.1 Å². The summed E-state index contributed by atoms with van der Waals surface area (Å²) in [6.45, 7) is 9.26. The van der Waals surface area contributed by atoms with Crippen molar-refractivity contribution >= 4 is 0 Å². The zero-order chi connectivity index (χ0) is 13.2. The molecule has 0 aliphatic heterocycles. The molecule has 102 valence electrons. The normalized spacial score (nSPS) is 12.6. The van der Waals surface area contributed by atoms with Crippen molar-refractivity contribution in [1.29, 1.82) is 0 Å². The zero-order valence-corrected chi connectivity index (χ0v) is 12.0.